The first-order valence-electron chi connectivity index (χ1n) is 5.34. The third kappa shape index (κ3) is 2.83. The molecular weight excluding hydrogens is 273 g/mol. The van der Waals surface area contributed by atoms with Crippen LogP contribution in [0.3, 0.4) is 0 Å². The molecule has 1 heterocycles. The highest BCUT2D eigenvalue weighted by molar-refractivity contribution is 7.99. The molecule has 0 amide bonds. The van der Waals surface area contributed by atoms with E-state index in [4.69, 9.17) is 11.6 Å². The molecule has 0 fully saturated rings. The average molecular weight is 284 g/mol. The molecule has 0 bridgehead atoms. The number of aromatic nitrogens is 1. The normalized spacial score (nSPS) is 12.4. The van der Waals surface area contributed by atoms with E-state index >= 15 is 0 Å². The zero-order valence-corrected chi connectivity index (χ0v) is 11.2. The summed E-state index contributed by atoms with van der Waals surface area (Å²) in [5.41, 5.74) is 0.268. The molecule has 2 aromatic rings. The highest BCUT2D eigenvalue weighted by atomic mass is 35.5. The van der Waals surface area contributed by atoms with E-state index in [9.17, 15) is 9.50 Å². The second-order valence-corrected chi connectivity index (χ2v) is 5.16. The summed E-state index contributed by atoms with van der Waals surface area (Å²) in [6, 6.07) is 8.11. The van der Waals surface area contributed by atoms with Gasteiger partial charge in [-0.2, -0.15) is 0 Å². The molecule has 1 N–H and O–H groups in total. The van der Waals surface area contributed by atoms with Crippen LogP contribution in [0.4, 0.5) is 4.39 Å². The van der Waals surface area contributed by atoms with Crippen molar-refractivity contribution in [2.75, 3.05) is 0 Å². The van der Waals surface area contributed by atoms with Crippen LogP contribution >= 0.6 is 23.4 Å². The number of hydrogen-bond donors (Lipinski definition) is 1. The van der Waals surface area contributed by atoms with E-state index in [2.05, 4.69) is 4.98 Å². The van der Waals surface area contributed by atoms with Crippen LogP contribution < -0.4 is 0 Å². The number of hydrogen-bond acceptors (Lipinski definition) is 3. The van der Waals surface area contributed by atoms with Gasteiger partial charge in [-0.25, -0.2) is 9.37 Å². The van der Waals surface area contributed by atoms with E-state index in [0.29, 0.717) is 14.9 Å². The fourth-order valence-electron chi connectivity index (χ4n) is 1.56. The number of pyridine rings is 1. The van der Waals surface area contributed by atoms with Gasteiger partial charge in [-0.15, -0.1) is 0 Å². The number of nitrogens with zero attached hydrogens (tertiary/aromatic N) is 1. The van der Waals surface area contributed by atoms with Gasteiger partial charge in [0.15, 0.2) is 0 Å². The third-order valence-corrected chi connectivity index (χ3v) is 3.87. The van der Waals surface area contributed by atoms with Crippen LogP contribution in [0.2, 0.25) is 5.02 Å². The van der Waals surface area contributed by atoms with Crippen LogP contribution in [0.15, 0.2) is 46.5 Å². The van der Waals surface area contributed by atoms with Crippen molar-refractivity contribution >= 4 is 23.4 Å². The maximum atomic E-state index is 13.7. The summed E-state index contributed by atoms with van der Waals surface area (Å²) < 4.78 is 13.7. The second-order valence-electron chi connectivity index (χ2n) is 3.72. The van der Waals surface area contributed by atoms with Crippen molar-refractivity contribution in [2.45, 2.75) is 22.9 Å². The molecule has 1 aromatic heterocycles. The fourth-order valence-corrected chi connectivity index (χ4v) is 2.81. The molecular formula is C13H11ClFNOS. The third-order valence-electron chi connectivity index (χ3n) is 2.36. The molecule has 0 aliphatic heterocycles. The van der Waals surface area contributed by atoms with Crippen molar-refractivity contribution in [3.05, 3.63) is 52.9 Å². The van der Waals surface area contributed by atoms with Crippen LogP contribution in [-0.2, 0) is 0 Å². The van der Waals surface area contributed by atoms with Crippen molar-refractivity contribution in [2.24, 2.45) is 0 Å². The van der Waals surface area contributed by atoms with Crippen molar-refractivity contribution in [1.82, 2.24) is 4.98 Å². The Bertz CT molecular complexity index is 562. The Morgan fingerprint density at radius 2 is 2.11 bits per heavy atom. The maximum absolute atomic E-state index is 13.7. The van der Waals surface area contributed by atoms with Gasteiger partial charge in [-0.3, -0.25) is 0 Å². The lowest BCUT2D eigenvalue weighted by molar-refractivity contribution is 0.191. The Morgan fingerprint density at radius 1 is 1.33 bits per heavy atom. The van der Waals surface area contributed by atoms with Crippen LogP contribution in [0.1, 0.15) is 18.6 Å². The van der Waals surface area contributed by atoms with Gasteiger partial charge in [0.25, 0.3) is 0 Å². The van der Waals surface area contributed by atoms with Crippen molar-refractivity contribution in [3.63, 3.8) is 0 Å². The minimum Gasteiger partial charge on any atom is -0.389 e. The standard InChI is InChI=1S/C13H11ClFNOS/c1-8(17)12-10(15)5-2-6-11(12)18-13-9(14)4-3-7-16-13/h2-8,17H,1H3/t8-/m0/s1. The van der Waals surface area contributed by atoms with E-state index in [1.54, 1.807) is 30.5 Å². The summed E-state index contributed by atoms with van der Waals surface area (Å²) in [5, 5.41) is 10.7. The van der Waals surface area contributed by atoms with Gasteiger partial charge in [-0.1, -0.05) is 29.4 Å². The number of benzene rings is 1. The van der Waals surface area contributed by atoms with Gasteiger partial charge in [0.2, 0.25) is 0 Å². The topological polar surface area (TPSA) is 33.1 Å². The lowest BCUT2D eigenvalue weighted by Gasteiger charge is -2.12. The smallest absolute Gasteiger partial charge is 0.130 e. The molecule has 0 saturated heterocycles. The average Bonchev–Trinajstić information content (AvgIpc) is 2.31. The van der Waals surface area contributed by atoms with Crippen LogP contribution in [-0.4, -0.2) is 10.1 Å². The molecule has 0 aliphatic carbocycles. The van der Waals surface area contributed by atoms with Crippen LogP contribution in [0, 0.1) is 5.82 Å². The molecule has 0 saturated carbocycles. The Morgan fingerprint density at radius 3 is 2.78 bits per heavy atom. The molecule has 0 aliphatic rings. The van der Waals surface area contributed by atoms with Crippen LogP contribution in [0.5, 0.6) is 0 Å². The molecule has 2 rings (SSSR count). The van der Waals surface area contributed by atoms with Gasteiger partial charge in [0.1, 0.15) is 10.8 Å². The molecule has 1 atom stereocenters. The summed E-state index contributed by atoms with van der Waals surface area (Å²) in [4.78, 5) is 4.75. The van der Waals surface area contributed by atoms with E-state index in [1.165, 1.54) is 24.8 Å². The van der Waals surface area contributed by atoms with E-state index < -0.39 is 11.9 Å². The predicted molar refractivity (Wildman–Crippen MR) is 70.4 cm³/mol. The summed E-state index contributed by atoms with van der Waals surface area (Å²) in [6.45, 7) is 1.53. The first kappa shape index (κ1) is 13.3. The zero-order valence-electron chi connectivity index (χ0n) is 9.60. The fraction of sp³-hybridized carbons (Fsp3) is 0.154. The number of halogens is 2. The minimum absolute atomic E-state index is 0.268. The Labute approximate surface area is 114 Å². The monoisotopic (exact) mass is 283 g/mol. The van der Waals surface area contributed by atoms with Gasteiger partial charge < -0.3 is 5.11 Å². The summed E-state index contributed by atoms with van der Waals surface area (Å²) in [5.74, 6) is -0.429. The molecule has 0 spiro atoms. The Kier molecular flexibility index (Phi) is 4.22. The Balaban J connectivity index is 2.41. The SMILES string of the molecule is C[C@H](O)c1c(F)cccc1Sc1ncccc1Cl. The van der Waals surface area contributed by atoms with Crippen molar-refractivity contribution in [1.29, 1.82) is 0 Å². The molecule has 2 nitrogen and oxygen atoms in total. The Hall–Kier alpha value is -1.10. The number of aliphatic hydroxyl groups excluding tert-OH is 1. The van der Waals surface area contributed by atoms with Gasteiger partial charge in [0, 0.05) is 16.7 Å². The molecule has 94 valence electrons. The first-order chi connectivity index (χ1) is 8.59. The first-order valence-corrected chi connectivity index (χ1v) is 6.54. The minimum atomic E-state index is -0.879. The lowest BCUT2D eigenvalue weighted by atomic mass is 10.1. The summed E-state index contributed by atoms with van der Waals surface area (Å²) >= 11 is 7.25. The van der Waals surface area contributed by atoms with Crippen LogP contribution in [0.25, 0.3) is 0 Å². The second kappa shape index (κ2) is 5.69. The lowest BCUT2D eigenvalue weighted by Crippen LogP contribution is -1.98. The largest absolute Gasteiger partial charge is 0.389 e. The van der Waals surface area contributed by atoms with Crippen molar-refractivity contribution in [3.8, 4) is 0 Å². The van der Waals surface area contributed by atoms with Gasteiger partial charge in [0.05, 0.1) is 11.1 Å². The highest BCUT2D eigenvalue weighted by Crippen LogP contribution is 2.36. The number of rotatable bonds is 3. The highest BCUT2D eigenvalue weighted by Gasteiger charge is 2.15. The van der Waals surface area contributed by atoms with Gasteiger partial charge >= 0.3 is 0 Å². The molecule has 5 heteroatoms. The van der Waals surface area contributed by atoms with Crippen molar-refractivity contribution < 1.29 is 9.50 Å². The molecule has 0 radical (unpaired) electrons. The summed E-state index contributed by atoms with van der Waals surface area (Å²) in [7, 11) is 0. The predicted octanol–water partition coefficient (Wildman–Crippen LogP) is 4.08. The van der Waals surface area contributed by atoms with E-state index in [1.807, 2.05) is 0 Å². The molecule has 0 unspecified atom stereocenters. The molecule has 18 heavy (non-hydrogen) atoms. The van der Waals surface area contributed by atoms with E-state index in [-0.39, 0.29) is 5.56 Å². The quantitative estimate of drug-likeness (QED) is 0.921. The molecule has 1 aromatic carbocycles. The summed E-state index contributed by atoms with van der Waals surface area (Å²) in [6.07, 6.45) is 0.742. The zero-order chi connectivity index (χ0) is 13.1. The number of aliphatic hydroxyl groups is 1. The maximum Gasteiger partial charge on any atom is 0.130 e. The van der Waals surface area contributed by atoms with Gasteiger partial charge in [-0.05, 0) is 31.2 Å². The van der Waals surface area contributed by atoms with E-state index in [0.717, 1.165) is 0 Å².